The van der Waals surface area contributed by atoms with E-state index in [9.17, 15) is 0 Å². The lowest BCUT2D eigenvalue weighted by Crippen LogP contribution is -2.45. The summed E-state index contributed by atoms with van der Waals surface area (Å²) in [6, 6.07) is 0.236. The van der Waals surface area contributed by atoms with Crippen LogP contribution in [0.15, 0.2) is 0 Å². The molecule has 5 atom stereocenters. The van der Waals surface area contributed by atoms with Crippen LogP contribution in [-0.4, -0.2) is 18.8 Å². The topological polar surface area (TPSA) is 35.2 Å². The van der Waals surface area contributed by atoms with Crippen LogP contribution in [0, 0.1) is 17.8 Å². The first-order valence-electron chi connectivity index (χ1n) is 6.97. The van der Waals surface area contributed by atoms with Crippen molar-refractivity contribution >= 4 is 0 Å². The molecule has 1 aliphatic rings. The van der Waals surface area contributed by atoms with Crippen LogP contribution in [0.4, 0.5) is 0 Å². The molecule has 1 aliphatic carbocycles. The van der Waals surface area contributed by atoms with E-state index in [1.54, 1.807) is 0 Å². The van der Waals surface area contributed by atoms with Crippen molar-refractivity contribution in [1.82, 2.24) is 0 Å². The van der Waals surface area contributed by atoms with E-state index in [0.29, 0.717) is 5.92 Å². The average Bonchev–Trinajstić information content (AvgIpc) is 2.28. The van der Waals surface area contributed by atoms with E-state index in [1.165, 1.54) is 19.3 Å². The van der Waals surface area contributed by atoms with Crippen molar-refractivity contribution in [2.75, 3.05) is 6.61 Å². The van der Waals surface area contributed by atoms with E-state index < -0.39 is 0 Å². The quantitative estimate of drug-likeness (QED) is 0.783. The summed E-state index contributed by atoms with van der Waals surface area (Å²) in [6.45, 7) is 9.75. The Morgan fingerprint density at radius 2 is 1.88 bits per heavy atom. The number of ether oxygens (including phenoxy) is 1. The molecule has 1 fully saturated rings. The molecule has 0 spiro atoms. The Hall–Kier alpha value is -0.0800. The van der Waals surface area contributed by atoms with E-state index in [-0.39, 0.29) is 12.1 Å². The lowest BCUT2D eigenvalue weighted by molar-refractivity contribution is 0.0144. The summed E-state index contributed by atoms with van der Waals surface area (Å²) < 4.78 is 5.74. The first-order chi connectivity index (χ1) is 7.60. The lowest BCUT2D eigenvalue weighted by atomic mass is 9.72. The van der Waals surface area contributed by atoms with Gasteiger partial charge in [0.05, 0.1) is 6.10 Å². The zero-order valence-electron chi connectivity index (χ0n) is 11.4. The number of nitrogens with two attached hydrogens (primary N) is 1. The summed E-state index contributed by atoms with van der Waals surface area (Å²) >= 11 is 0. The zero-order valence-corrected chi connectivity index (χ0v) is 11.4. The first-order valence-corrected chi connectivity index (χ1v) is 6.97. The molecule has 0 radical (unpaired) electrons. The molecule has 0 aromatic heterocycles. The monoisotopic (exact) mass is 227 g/mol. The molecule has 0 aromatic carbocycles. The van der Waals surface area contributed by atoms with Crippen molar-refractivity contribution in [2.45, 2.75) is 65.5 Å². The van der Waals surface area contributed by atoms with Gasteiger partial charge in [-0.2, -0.15) is 0 Å². The molecular formula is C14H29NO. The maximum atomic E-state index is 6.37. The molecule has 1 rings (SSSR count). The summed E-state index contributed by atoms with van der Waals surface area (Å²) in [6.07, 6.45) is 5.20. The molecule has 0 aliphatic heterocycles. The van der Waals surface area contributed by atoms with Gasteiger partial charge >= 0.3 is 0 Å². The molecule has 0 amide bonds. The SMILES string of the molecule is CCOC(CC)C(N)C1CCC(C)C(C)C1. The highest BCUT2D eigenvalue weighted by Gasteiger charge is 2.31. The van der Waals surface area contributed by atoms with Gasteiger partial charge in [0.1, 0.15) is 0 Å². The lowest BCUT2D eigenvalue weighted by Gasteiger charge is -2.37. The Balaban J connectivity index is 2.49. The van der Waals surface area contributed by atoms with Gasteiger partial charge in [-0.15, -0.1) is 0 Å². The minimum Gasteiger partial charge on any atom is -0.377 e. The molecule has 2 N–H and O–H groups in total. The van der Waals surface area contributed by atoms with Gasteiger partial charge in [-0.3, -0.25) is 0 Å². The van der Waals surface area contributed by atoms with Crippen molar-refractivity contribution < 1.29 is 4.74 Å². The predicted molar refractivity (Wildman–Crippen MR) is 69.3 cm³/mol. The van der Waals surface area contributed by atoms with E-state index in [0.717, 1.165) is 24.9 Å². The van der Waals surface area contributed by atoms with Crippen LogP contribution in [0.3, 0.4) is 0 Å². The summed E-state index contributed by atoms with van der Waals surface area (Å²) in [5.41, 5.74) is 6.37. The fourth-order valence-electron chi connectivity index (χ4n) is 2.96. The van der Waals surface area contributed by atoms with Crippen LogP contribution in [0.2, 0.25) is 0 Å². The highest BCUT2D eigenvalue weighted by molar-refractivity contribution is 4.86. The second-order valence-corrected chi connectivity index (χ2v) is 5.51. The smallest absolute Gasteiger partial charge is 0.0725 e. The van der Waals surface area contributed by atoms with Crippen molar-refractivity contribution in [3.05, 3.63) is 0 Å². The molecule has 2 nitrogen and oxygen atoms in total. The molecular weight excluding hydrogens is 198 g/mol. The third-order valence-electron chi connectivity index (χ3n) is 4.40. The van der Waals surface area contributed by atoms with Crippen LogP contribution in [-0.2, 0) is 4.74 Å². The number of rotatable bonds is 5. The first kappa shape index (κ1) is 14.0. The van der Waals surface area contributed by atoms with Crippen molar-refractivity contribution in [3.63, 3.8) is 0 Å². The second kappa shape index (κ2) is 6.61. The fourth-order valence-corrected chi connectivity index (χ4v) is 2.96. The summed E-state index contributed by atoms with van der Waals surface area (Å²) in [5.74, 6) is 2.36. The molecule has 0 saturated heterocycles. The van der Waals surface area contributed by atoms with Gasteiger partial charge in [-0.1, -0.05) is 27.2 Å². The van der Waals surface area contributed by atoms with E-state index in [1.807, 2.05) is 0 Å². The Morgan fingerprint density at radius 1 is 1.19 bits per heavy atom. The van der Waals surface area contributed by atoms with Crippen molar-refractivity contribution in [3.8, 4) is 0 Å². The molecule has 0 bridgehead atoms. The third kappa shape index (κ3) is 3.46. The van der Waals surface area contributed by atoms with Gasteiger partial charge in [0.15, 0.2) is 0 Å². The molecule has 16 heavy (non-hydrogen) atoms. The second-order valence-electron chi connectivity index (χ2n) is 5.51. The van der Waals surface area contributed by atoms with E-state index in [4.69, 9.17) is 10.5 Å². The van der Waals surface area contributed by atoms with Crippen LogP contribution >= 0.6 is 0 Å². The highest BCUT2D eigenvalue weighted by Crippen LogP contribution is 2.35. The minimum atomic E-state index is 0.236. The van der Waals surface area contributed by atoms with Gasteiger partial charge < -0.3 is 10.5 Å². The van der Waals surface area contributed by atoms with Crippen LogP contribution in [0.5, 0.6) is 0 Å². The van der Waals surface area contributed by atoms with Gasteiger partial charge in [0.25, 0.3) is 0 Å². The summed E-state index contributed by atoms with van der Waals surface area (Å²) in [7, 11) is 0. The maximum absolute atomic E-state index is 6.37. The Morgan fingerprint density at radius 3 is 2.38 bits per heavy atom. The Labute approximate surface area is 101 Å². The Bertz CT molecular complexity index is 195. The zero-order chi connectivity index (χ0) is 12.1. The molecule has 2 heteroatoms. The van der Waals surface area contributed by atoms with Crippen molar-refractivity contribution in [2.24, 2.45) is 23.5 Å². The summed E-state index contributed by atoms with van der Waals surface area (Å²) in [5, 5.41) is 0. The number of hydrogen-bond donors (Lipinski definition) is 1. The average molecular weight is 227 g/mol. The maximum Gasteiger partial charge on any atom is 0.0725 e. The molecule has 96 valence electrons. The molecule has 0 aromatic rings. The minimum absolute atomic E-state index is 0.236. The fraction of sp³-hybridized carbons (Fsp3) is 1.00. The van der Waals surface area contributed by atoms with Crippen LogP contribution in [0.1, 0.15) is 53.4 Å². The molecule has 5 unspecified atom stereocenters. The third-order valence-corrected chi connectivity index (χ3v) is 4.40. The Kier molecular flexibility index (Phi) is 5.77. The highest BCUT2D eigenvalue weighted by atomic mass is 16.5. The van der Waals surface area contributed by atoms with Gasteiger partial charge in [-0.25, -0.2) is 0 Å². The van der Waals surface area contributed by atoms with E-state index in [2.05, 4.69) is 27.7 Å². The van der Waals surface area contributed by atoms with Gasteiger partial charge in [0, 0.05) is 12.6 Å². The number of hydrogen-bond acceptors (Lipinski definition) is 2. The van der Waals surface area contributed by atoms with Gasteiger partial charge in [0.2, 0.25) is 0 Å². The predicted octanol–water partition coefficient (Wildman–Crippen LogP) is 3.20. The largest absolute Gasteiger partial charge is 0.377 e. The summed E-state index contributed by atoms with van der Waals surface area (Å²) in [4.78, 5) is 0. The van der Waals surface area contributed by atoms with Crippen LogP contribution < -0.4 is 5.73 Å². The van der Waals surface area contributed by atoms with Gasteiger partial charge in [-0.05, 0) is 43.9 Å². The normalized spacial score (nSPS) is 34.7. The molecule has 0 heterocycles. The standard InChI is InChI=1S/C14H29NO/c1-5-13(16-6-2)14(15)12-8-7-10(3)11(4)9-12/h10-14H,5-9,15H2,1-4H3. The van der Waals surface area contributed by atoms with E-state index >= 15 is 0 Å². The van der Waals surface area contributed by atoms with Crippen LogP contribution in [0.25, 0.3) is 0 Å². The van der Waals surface area contributed by atoms with Crippen molar-refractivity contribution in [1.29, 1.82) is 0 Å². The molecule has 1 saturated carbocycles.